The Morgan fingerprint density at radius 1 is 1.25 bits per heavy atom. The molecular formula is C15H24F2N2O. The Kier molecular flexibility index (Phi) is 5.62. The van der Waals surface area contributed by atoms with E-state index >= 15 is 0 Å². The summed E-state index contributed by atoms with van der Waals surface area (Å²) in [5, 5.41) is 0. The molecule has 0 spiro atoms. The number of halogens is 2. The van der Waals surface area contributed by atoms with E-state index < -0.39 is 17.7 Å². The van der Waals surface area contributed by atoms with E-state index in [1.54, 1.807) is 12.1 Å². The predicted octanol–water partition coefficient (Wildman–Crippen LogP) is 3.23. The second-order valence-electron chi connectivity index (χ2n) is 5.99. The normalized spacial score (nSPS) is 15.2. The minimum absolute atomic E-state index is 0.184. The lowest BCUT2D eigenvalue weighted by molar-refractivity contribution is -0.0374. The zero-order valence-electron chi connectivity index (χ0n) is 12.8. The van der Waals surface area contributed by atoms with Crippen LogP contribution in [0.15, 0.2) is 12.1 Å². The van der Waals surface area contributed by atoms with E-state index in [4.69, 9.17) is 10.6 Å². The predicted molar refractivity (Wildman–Crippen MR) is 76.0 cm³/mol. The number of hydrogen-bond acceptors (Lipinski definition) is 3. The van der Waals surface area contributed by atoms with Crippen molar-refractivity contribution in [1.82, 2.24) is 5.43 Å². The second-order valence-corrected chi connectivity index (χ2v) is 5.99. The molecule has 0 aromatic heterocycles. The van der Waals surface area contributed by atoms with E-state index in [1.165, 1.54) is 6.92 Å². The van der Waals surface area contributed by atoms with Crippen LogP contribution in [0.2, 0.25) is 0 Å². The van der Waals surface area contributed by atoms with Crippen molar-refractivity contribution in [2.75, 3.05) is 6.61 Å². The number of rotatable bonds is 5. The van der Waals surface area contributed by atoms with Crippen LogP contribution in [0.4, 0.5) is 8.78 Å². The van der Waals surface area contributed by atoms with E-state index in [-0.39, 0.29) is 22.6 Å². The standard InChI is InChI=1S/C15H24F2N2O/c1-6-20-14(15(3,4)5)13(19-18)10-8-7-9(2)11(16)12(10)17/h7-8,13-14,19H,6,18H2,1-5H3. The molecule has 0 saturated carbocycles. The van der Waals surface area contributed by atoms with Gasteiger partial charge in [0.2, 0.25) is 0 Å². The molecule has 0 aliphatic carbocycles. The van der Waals surface area contributed by atoms with Crippen LogP contribution in [0, 0.1) is 24.0 Å². The molecule has 1 rings (SSSR count). The Bertz CT molecular complexity index is 458. The first kappa shape index (κ1) is 17.0. The van der Waals surface area contributed by atoms with Gasteiger partial charge in [-0.2, -0.15) is 0 Å². The van der Waals surface area contributed by atoms with Gasteiger partial charge >= 0.3 is 0 Å². The van der Waals surface area contributed by atoms with Crippen LogP contribution in [-0.4, -0.2) is 12.7 Å². The molecule has 2 unspecified atom stereocenters. The highest BCUT2D eigenvalue weighted by molar-refractivity contribution is 5.29. The molecule has 3 nitrogen and oxygen atoms in total. The van der Waals surface area contributed by atoms with Crippen molar-refractivity contribution in [3.63, 3.8) is 0 Å². The van der Waals surface area contributed by atoms with Crippen molar-refractivity contribution in [2.45, 2.75) is 46.8 Å². The lowest BCUT2D eigenvalue weighted by Crippen LogP contribution is -2.45. The van der Waals surface area contributed by atoms with Crippen LogP contribution >= 0.6 is 0 Å². The van der Waals surface area contributed by atoms with Crippen molar-refractivity contribution in [2.24, 2.45) is 11.3 Å². The number of nitrogens with one attached hydrogen (secondary N) is 1. The number of ether oxygens (including phenoxy) is 1. The van der Waals surface area contributed by atoms with Crippen LogP contribution in [0.3, 0.4) is 0 Å². The fourth-order valence-corrected chi connectivity index (χ4v) is 2.27. The summed E-state index contributed by atoms with van der Waals surface area (Å²) in [4.78, 5) is 0. The monoisotopic (exact) mass is 286 g/mol. The summed E-state index contributed by atoms with van der Waals surface area (Å²) in [6.45, 7) is 9.77. The lowest BCUT2D eigenvalue weighted by atomic mass is 9.82. The molecule has 0 fully saturated rings. The first-order valence-electron chi connectivity index (χ1n) is 6.76. The van der Waals surface area contributed by atoms with Gasteiger partial charge < -0.3 is 4.74 Å². The van der Waals surface area contributed by atoms with E-state index in [2.05, 4.69) is 5.43 Å². The Hall–Kier alpha value is -1.04. The maximum absolute atomic E-state index is 14.2. The fraction of sp³-hybridized carbons (Fsp3) is 0.600. The number of benzene rings is 1. The summed E-state index contributed by atoms with van der Waals surface area (Å²) in [7, 11) is 0. The molecule has 114 valence electrons. The third kappa shape index (κ3) is 3.53. The van der Waals surface area contributed by atoms with Crippen LogP contribution in [0.1, 0.15) is 44.9 Å². The lowest BCUT2D eigenvalue weighted by Gasteiger charge is -2.36. The average Bonchev–Trinajstić information content (AvgIpc) is 2.37. The number of hydrazine groups is 1. The fourth-order valence-electron chi connectivity index (χ4n) is 2.27. The molecule has 1 aromatic rings. The van der Waals surface area contributed by atoms with Crippen LogP contribution in [0.25, 0.3) is 0 Å². The van der Waals surface area contributed by atoms with Crippen molar-refractivity contribution < 1.29 is 13.5 Å². The van der Waals surface area contributed by atoms with Gasteiger partial charge in [-0.15, -0.1) is 0 Å². The summed E-state index contributed by atoms with van der Waals surface area (Å²) < 4.78 is 33.6. The van der Waals surface area contributed by atoms with Gasteiger partial charge in [-0.05, 0) is 24.8 Å². The van der Waals surface area contributed by atoms with Gasteiger partial charge in [0.05, 0.1) is 12.1 Å². The Labute approximate surface area is 119 Å². The minimum atomic E-state index is -0.873. The van der Waals surface area contributed by atoms with Crippen LogP contribution < -0.4 is 11.3 Å². The molecule has 1 aromatic carbocycles. The quantitative estimate of drug-likeness (QED) is 0.645. The Morgan fingerprint density at radius 3 is 2.30 bits per heavy atom. The van der Waals surface area contributed by atoms with Gasteiger partial charge in [0.15, 0.2) is 11.6 Å². The first-order valence-corrected chi connectivity index (χ1v) is 6.76. The van der Waals surface area contributed by atoms with E-state index in [9.17, 15) is 8.78 Å². The molecule has 0 amide bonds. The van der Waals surface area contributed by atoms with Crippen molar-refractivity contribution >= 4 is 0 Å². The third-order valence-electron chi connectivity index (χ3n) is 3.32. The largest absolute Gasteiger partial charge is 0.376 e. The summed E-state index contributed by atoms with van der Waals surface area (Å²) >= 11 is 0. The number of nitrogens with two attached hydrogens (primary N) is 1. The van der Waals surface area contributed by atoms with Gasteiger partial charge in [0.25, 0.3) is 0 Å². The van der Waals surface area contributed by atoms with Crippen molar-refractivity contribution in [3.05, 3.63) is 34.9 Å². The smallest absolute Gasteiger partial charge is 0.164 e. The van der Waals surface area contributed by atoms with E-state index in [0.717, 1.165) is 0 Å². The summed E-state index contributed by atoms with van der Waals surface area (Å²) in [6.07, 6.45) is -0.380. The molecule has 2 atom stereocenters. The van der Waals surface area contributed by atoms with Gasteiger partial charge in [-0.25, -0.2) is 8.78 Å². The molecule has 0 bridgehead atoms. The highest BCUT2D eigenvalue weighted by Gasteiger charge is 2.35. The number of aryl methyl sites for hydroxylation is 1. The maximum Gasteiger partial charge on any atom is 0.164 e. The molecule has 0 saturated heterocycles. The van der Waals surface area contributed by atoms with Crippen molar-refractivity contribution in [1.29, 1.82) is 0 Å². The molecule has 20 heavy (non-hydrogen) atoms. The number of hydrogen-bond donors (Lipinski definition) is 2. The topological polar surface area (TPSA) is 47.3 Å². The second kappa shape index (κ2) is 6.61. The highest BCUT2D eigenvalue weighted by atomic mass is 19.2. The summed E-state index contributed by atoms with van der Waals surface area (Å²) in [5.41, 5.74) is 2.74. The van der Waals surface area contributed by atoms with Crippen LogP contribution in [-0.2, 0) is 4.74 Å². The highest BCUT2D eigenvalue weighted by Crippen LogP contribution is 2.34. The third-order valence-corrected chi connectivity index (χ3v) is 3.32. The molecule has 3 N–H and O–H groups in total. The SMILES string of the molecule is CCOC(C(NN)c1ccc(C)c(F)c1F)C(C)(C)C. The summed E-state index contributed by atoms with van der Waals surface area (Å²) in [5.74, 6) is 3.86. The van der Waals surface area contributed by atoms with E-state index in [1.807, 2.05) is 27.7 Å². The molecule has 0 heterocycles. The first-order chi connectivity index (χ1) is 9.23. The van der Waals surface area contributed by atoms with Gasteiger partial charge in [0.1, 0.15) is 0 Å². The molecule has 5 heteroatoms. The molecular weight excluding hydrogens is 262 g/mol. The molecule has 0 radical (unpaired) electrons. The Morgan fingerprint density at radius 2 is 1.85 bits per heavy atom. The zero-order chi connectivity index (χ0) is 15.5. The van der Waals surface area contributed by atoms with Gasteiger partial charge in [-0.1, -0.05) is 32.9 Å². The summed E-state index contributed by atoms with van der Waals surface area (Å²) in [6, 6.07) is 2.48. The molecule has 0 aliphatic heterocycles. The van der Waals surface area contributed by atoms with Crippen molar-refractivity contribution in [3.8, 4) is 0 Å². The average molecular weight is 286 g/mol. The Balaban J connectivity index is 3.27. The van der Waals surface area contributed by atoms with Crippen LogP contribution in [0.5, 0.6) is 0 Å². The van der Waals surface area contributed by atoms with Gasteiger partial charge in [0, 0.05) is 12.2 Å². The minimum Gasteiger partial charge on any atom is -0.376 e. The molecule has 0 aliphatic rings. The van der Waals surface area contributed by atoms with E-state index in [0.29, 0.717) is 6.61 Å². The maximum atomic E-state index is 14.2. The van der Waals surface area contributed by atoms with Gasteiger partial charge in [-0.3, -0.25) is 11.3 Å². The zero-order valence-corrected chi connectivity index (χ0v) is 12.8.